The maximum atomic E-state index is 12.4. The fourth-order valence-corrected chi connectivity index (χ4v) is 2.61. The van der Waals surface area contributed by atoms with Gasteiger partial charge in [0.15, 0.2) is 0 Å². The van der Waals surface area contributed by atoms with E-state index in [0.29, 0.717) is 12.2 Å². The van der Waals surface area contributed by atoms with Crippen LogP contribution in [0.5, 0.6) is 0 Å². The Morgan fingerprint density at radius 1 is 1.19 bits per heavy atom. The molecule has 1 saturated heterocycles. The van der Waals surface area contributed by atoms with Crippen LogP contribution < -0.4 is 10.6 Å². The van der Waals surface area contributed by atoms with Crippen molar-refractivity contribution in [3.8, 4) is 0 Å². The van der Waals surface area contributed by atoms with Crippen LogP contribution in [0.25, 0.3) is 0 Å². The van der Waals surface area contributed by atoms with Gasteiger partial charge >= 0.3 is 6.03 Å². The summed E-state index contributed by atoms with van der Waals surface area (Å²) in [5, 5.41) is 0. The first-order chi connectivity index (χ1) is 10.3. The second kappa shape index (κ2) is 5.87. The van der Waals surface area contributed by atoms with Crippen molar-refractivity contribution in [2.24, 2.45) is 0 Å². The van der Waals surface area contributed by atoms with E-state index in [2.05, 4.69) is 4.98 Å². The number of para-hydroxylation sites is 2. The average molecular weight is 285 g/mol. The predicted octanol–water partition coefficient (Wildman–Crippen LogP) is 1.80. The fraction of sp³-hybridized carbons (Fsp3) is 0.333. The maximum Gasteiger partial charge on any atom is 0.324 e. The number of aromatic nitrogens is 2. The third-order valence-electron chi connectivity index (χ3n) is 3.73. The van der Waals surface area contributed by atoms with Gasteiger partial charge < -0.3 is 15.2 Å². The zero-order chi connectivity index (χ0) is 14.7. The zero-order valence-electron chi connectivity index (χ0n) is 11.9. The van der Waals surface area contributed by atoms with Crippen molar-refractivity contribution in [3.63, 3.8) is 0 Å². The Labute approximate surface area is 123 Å². The highest BCUT2D eigenvalue weighted by atomic mass is 16.2. The molecule has 1 aliphatic rings. The van der Waals surface area contributed by atoms with Crippen LogP contribution in [-0.4, -0.2) is 40.1 Å². The summed E-state index contributed by atoms with van der Waals surface area (Å²) in [5.74, 6) is 0. The van der Waals surface area contributed by atoms with Crippen LogP contribution in [0.1, 0.15) is 6.42 Å². The summed E-state index contributed by atoms with van der Waals surface area (Å²) in [7, 11) is 0. The van der Waals surface area contributed by atoms with Crippen molar-refractivity contribution in [2.45, 2.75) is 13.0 Å². The molecule has 6 nitrogen and oxygen atoms in total. The lowest BCUT2D eigenvalue weighted by Crippen LogP contribution is -2.33. The van der Waals surface area contributed by atoms with Gasteiger partial charge in [-0.25, -0.2) is 9.78 Å². The molecule has 2 heterocycles. The van der Waals surface area contributed by atoms with Gasteiger partial charge in [0.05, 0.1) is 17.7 Å². The van der Waals surface area contributed by atoms with Crippen LogP contribution in [0.4, 0.5) is 16.2 Å². The van der Waals surface area contributed by atoms with E-state index in [0.717, 1.165) is 31.7 Å². The molecule has 2 aromatic rings. The summed E-state index contributed by atoms with van der Waals surface area (Å²) in [6.07, 6.45) is 6.41. The number of hydrogen-bond acceptors (Lipinski definition) is 3. The molecule has 21 heavy (non-hydrogen) atoms. The Morgan fingerprint density at radius 3 is 2.81 bits per heavy atom. The normalized spacial score (nSPS) is 15.0. The number of carbonyl (C=O) groups excluding carboxylic acids is 1. The van der Waals surface area contributed by atoms with Gasteiger partial charge in [-0.1, -0.05) is 12.1 Å². The molecule has 1 aromatic carbocycles. The quantitative estimate of drug-likeness (QED) is 0.852. The number of hydrogen-bond donors (Lipinski definition) is 1. The number of amides is 2. The summed E-state index contributed by atoms with van der Waals surface area (Å²) < 4.78 is 2.02. The molecule has 2 N–H and O–H groups in total. The largest absolute Gasteiger partial charge is 0.397 e. The minimum absolute atomic E-state index is 0.0403. The van der Waals surface area contributed by atoms with E-state index < -0.39 is 0 Å². The molecule has 0 bridgehead atoms. The van der Waals surface area contributed by atoms with Gasteiger partial charge in [-0.15, -0.1) is 0 Å². The summed E-state index contributed by atoms with van der Waals surface area (Å²) >= 11 is 0. The molecule has 0 radical (unpaired) electrons. The van der Waals surface area contributed by atoms with Crippen molar-refractivity contribution in [3.05, 3.63) is 43.0 Å². The molecule has 110 valence electrons. The van der Waals surface area contributed by atoms with Crippen molar-refractivity contribution in [1.82, 2.24) is 14.5 Å². The lowest BCUT2D eigenvalue weighted by molar-refractivity contribution is 0.219. The first-order valence-electron chi connectivity index (χ1n) is 7.12. The van der Waals surface area contributed by atoms with Crippen LogP contribution in [-0.2, 0) is 6.54 Å². The third kappa shape index (κ3) is 2.84. The first-order valence-corrected chi connectivity index (χ1v) is 7.12. The molecule has 1 aliphatic heterocycles. The number of nitrogens with two attached hydrogens (primary N) is 1. The molecule has 1 fully saturated rings. The summed E-state index contributed by atoms with van der Waals surface area (Å²) in [4.78, 5) is 20.1. The Kier molecular flexibility index (Phi) is 3.77. The highest BCUT2D eigenvalue weighted by Gasteiger charge is 2.29. The molecule has 1 aromatic heterocycles. The van der Waals surface area contributed by atoms with E-state index in [4.69, 9.17) is 5.73 Å². The van der Waals surface area contributed by atoms with Crippen molar-refractivity contribution in [1.29, 1.82) is 0 Å². The van der Waals surface area contributed by atoms with E-state index in [-0.39, 0.29) is 6.03 Å². The van der Waals surface area contributed by atoms with Gasteiger partial charge in [0, 0.05) is 38.6 Å². The number of carbonyl (C=O) groups is 1. The average Bonchev–Trinajstić information content (AvgIpc) is 3.11. The van der Waals surface area contributed by atoms with E-state index in [1.807, 2.05) is 39.9 Å². The molecule has 0 unspecified atom stereocenters. The number of urea groups is 1. The minimum Gasteiger partial charge on any atom is -0.397 e. The topological polar surface area (TPSA) is 67.4 Å². The SMILES string of the molecule is Nc1ccccc1N1CCN(CCCn2ccnc2)C1=O. The number of nitrogen functional groups attached to an aromatic ring is 1. The molecular weight excluding hydrogens is 266 g/mol. The van der Waals surface area contributed by atoms with Crippen LogP contribution in [0.2, 0.25) is 0 Å². The van der Waals surface area contributed by atoms with Gasteiger partial charge in [0.25, 0.3) is 0 Å². The van der Waals surface area contributed by atoms with Crippen LogP contribution in [0.15, 0.2) is 43.0 Å². The fourth-order valence-electron chi connectivity index (χ4n) is 2.61. The number of benzene rings is 1. The van der Waals surface area contributed by atoms with Crippen molar-refractivity contribution in [2.75, 3.05) is 30.3 Å². The monoisotopic (exact) mass is 285 g/mol. The Hall–Kier alpha value is -2.50. The molecule has 0 saturated carbocycles. The molecule has 3 rings (SSSR count). The number of aryl methyl sites for hydroxylation is 1. The summed E-state index contributed by atoms with van der Waals surface area (Å²) in [6, 6.07) is 7.54. The smallest absolute Gasteiger partial charge is 0.324 e. The van der Waals surface area contributed by atoms with E-state index in [1.165, 1.54) is 0 Å². The number of anilines is 2. The molecule has 0 spiro atoms. The second-order valence-corrected chi connectivity index (χ2v) is 5.13. The van der Waals surface area contributed by atoms with Crippen LogP contribution in [0, 0.1) is 0 Å². The zero-order valence-corrected chi connectivity index (χ0v) is 11.9. The van der Waals surface area contributed by atoms with E-state index >= 15 is 0 Å². The lowest BCUT2D eigenvalue weighted by atomic mass is 10.2. The molecule has 0 atom stereocenters. The van der Waals surface area contributed by atoms with Gasteiger partial charge in [0.1, 0.15) is 0 Å². The van der Waals surface area contributed by atoms with Crippen molar-refractivity contribution < 1.29 is 4.79 Å². The van der Waals surface area contributed by atoms with Crippen LogP contribution in [0.3, 0.4) is 0 Å². The minimum atomic E-state index is 0.0403. The number of imidazole rings is 1. The first kappa shape index (κ1) is 13.5. The standard InChI is InChI=1S/C15H19N5O/c16-13-4-1-2-5-14(13)20-11-10-19(15(20)21)8-3-7-18-9-6-17-12-18/h1-2,4-6,9,12H,3,7-8,10-11,16H2. The number of rotatable bonds is 5. The Morgan fingerprint density at radius 2 is 2.05 bits per heavy atom. The molecule has 0 aliphatic carbocycles. The third-order valence-corrected chi connectivity index (χ3v) is 3.73. The van der Waals surface area contributed by atoms with E-state index in [9.17, 15) is 4.79 Å². The number of nitrogens with zero attached hydrogens (tertiary/aromatic N) is 4. The molecule has 2 amide bonds. The molecule has 6 heteroatoms. The van der Waals surface area contributed by atoms with Gasteiger partial charge in [0.2, 0.25) is 0 Å². The highest BCUT2D eigenvalue weighted by Crippen LogP contribution is 2.26. The summed E-state index contributed by atoms with van der Waals surface area (Å²) in [6.45, 7) is 3.06. The van der Waals surface area contributed by atoms with Crippen molar-refractivity contribution >= 4 is 17.4 Å². The van der Waals surface area contributed by atoms with Gasteiger partial charge in [-0.3, -0.25) is 4.90 Å². The lowest BCUT2D eigenvalue weighted by Gasteiger charge is -2.20. The second-order valence-electron chi connectivity index (χ2n) is 5.13. The predicted molar refractivity (Wildman–Crippen MR) is 82.0 cm³/mol. The van der Waals surface area contributed by atoms with Crippen LogP contribution >= 0.6 is 0 Å². The Bertz CT molecular complexity index is 610. The Balaban J connectivity index is 1.58. The highest BCUT2D eigenvalue weighted by molar-refractivity contribution is 5.97. The van der Waals surface area contributed by atoms with E-state index in [1.54, 1.807) is 17.4 Å². The molecular formula is C15H19N5O. The maximum absolute atomic E-state index is 12.4. The summed E-state index contributed by atoms with van der Waals surface area (Å²) in [5.41, 5.74) is 7.40. The van der Waals surface area contributed by atoms with Gasteiger partial charge in [-0.05, 0) is 18.6 Å². The van der Waals surface area contributed by atoms with Gasteiger partial charge in [-0.2, -0.15) is 0 Å².